The van der Waals surface area contributed by atoms with Crippen LogP contribution >= 0.6 is 0 Å². The zero-order valence-corrected chi connectivity index (χ0v) is 13.1. The largest absolute Gasteiger partial charge is 0.382 e. The lowest BCUT2D eigenvalue weighted by molar-refractivity contribution is -0.126. The second-order valence-electron chi connectivity index (χ2n) is 6.03. The number of hydrogen-bond acceptors (Lipinski definition) is 3. The van der Waals surface area contributed by atoms with E-state index in [0.29, 0.717) is 11.5 Å². The third-order valence-corrected chi connectivity index (χ3v) is 5.90. The Morgan fingerprint density at radius 2 is 2.00 bits per heavy atom. The fourth-order valence-corrected chi connectivity index (χ4v) is 4.46. The van der Waals surface area contributed by atoms with Crippen molar-refractivity contribution in [1.29, 1.82) is 0 Å². The van der Waals surface area contributed by atoms with E-state index in [-0.39, 0.29) is 23.9 Å². The first-order chi connectivity index (χ1) is 10.1. The molecule has 0 radical (unpaired) electrons. The minimum Gasteiger partial charge on any atom is -0.382 e. The van der Waals surface area contributed by atoms with E-state index in [2.05, 4.69) is 29.7 Å². The van der Waals surface area contributed by atoms with Gasteiger partial charge in [-0.15, -0.1) is 0 Å². The van der Waals surface area contributed by atoms with Crippen LogP contribution < -0.4 is 10.6 Å². The summed E-state index contributed by atoms with van der Waals surface area (Å²) in [6.07, 6.45) is 2.46. The van der Waals surface area contributed by atoms with E-state index in [1.165, 1.54) is 5.56 Å². The molecule has 1 fully saturated rings. The Hall–Kier alpha value is -1.36. The highest BCUT2D eigenvalue weighted by atomic mass is 32.2. The second-order valence-corrected chi connectivity index (χ2v) is 7.73. The van der Waals surface area contributed by atoms with Gasteiger partial charge in [-0.25, -0.2) is 0 Å². The number of carbonyl (C=O) groups excluding carboxylic acids is 1. The smallest absolute Gasteiger partial charge is 0.225 e. The van der Waals surface area contributed by atoms with Crippen LogP contribution in [0.2, 0.25) is 0 Å². The van der Waals surface area contributed by atoms with E-state index in [9.17, 15) is 9.00 Å². The van der Waals surface area contributed by atoms with E-state index in [1.807, 2.05) is 12.1 Å². The van der Waals surface area contributed by atoms with Crippen molar-refractivity contribution in [3.05, 3.63) is 29.8 Å². The Balaban J connectivity index is 1.64. The summed E-state index contributed by atoms with van der Waals surface area (Å²) in [6.45, 7) is 2.07. The number of anilines is 1. The van der Waals surface area contributed by atoms with Gasteiger partial charge in [0.1, 0.15) is 0 Å². The Morgan fingerprint density at radius 1 is 1.29 bits per heavy atom. The molecule has 114 valence electrons. The quantitative estimate of drug-likeness (QED) is 0.874. The summed E-state index contributed by atoms with van der Waals surface area (Å²) in [4.78, 5) is 12.5. The number of amides is 1. The molecular weight excluding hydrogens is 284 g/mol. The summed E-state index contributed by atoms with van der Waals surface area (Å²) < 4.78 is 11.4. The van der Waals surface area contributed by atoms with Crippen LogP contribution in [-0.2, 0) is 22.0 Å². The minimum absolute atomic E-state index is 0.0349. The third kappa shape index (κ3) is 3.28. The molecule has 1 aromatic carbocycles. The van der Waals surface area contributed by atoms with Gasteiger partial charge in [0, 0.05) is 40.1 Å². The third-order valence-electron chi connectivity index (χ3n) is 4.52. The van der Waals surface area contributed by atoms with Crippen molar-refractivity contribution in [3.63, 3.8) is 0 Å². The number of carbonyl (C=O) groups is 1. The molecule has 2 heterocycles. The van der Waals surface area contributed by atoms with Crippen LogP contribution in [0.4, 0.5) is 5.69 Å². The molecule has 4 nitrogen and oxygen atoms in total. The van der Waals surface area contributed by atoms with E-state index < -0.39 is 10.8 Å². The molecule has 5 heteroatoms. The Kier molecular flexibility index (Phi) is 4.29. The number of hydrogen-bond donors (Lipinski definition) is 2. The molecule has 0 bridgehead atoms. The topological polar surface area (TPSA) is 58.2 Å². The molecule has 0 aliphatic carbocycles. The number of nitrogens with one attached hydrogen (secondary N) is 2. The van der Waals surface area contributed by atoms with Crippen molar-refractivity contribution in [2.24, 2.45) is 5.92 Å². The first kappa shape index (κ1) is 14.6. The Bertz CT molecular complexity index is 551. The maximum absolute atomic E-state index is 12.5. The van der Waals surface area contributed by atoms with Crippen molar-refractivity contribution in [2.45, 2.75) is 38.3 Å². The fraction of sp³-hybridized carbons (Fsp3) is 0.562. The van der Waals surface area contributed by atoms with Gasteiger partial charge in [-0.2, -0.15) is 0 Å². The standard InChI is InChI=1S/C16H22N2O2S/c1-11-14(10-12-4-2-3-5-15(12)17-11)16(19)18-13-6-8-21(20)9-7-13/h2-5,11,13-14,17H,6-10H2,1H3,(H,18,19). The van der Waals surface area contributed by atoms with E-state index in [1.54, 1.807) is 0 Å². The minimum atomic E-state index is -0.681. The molecule has 2 N–H and O–H groups in total. The molecule has 3 rings (SSSR count). The number of fused-ring (bicyclic) bond motifs is 1. The lowest BCUT2D eigenvalue weighted by Gasteiger charge is -2.33. The number of para-hydroxylation sites is 1. The first-order valence-electron chi connectivity index (χ1n) is 7.63. The van der Waals surface area contributed by atoms with Gasteiger partial charge in [0.2, 0.25) is 5.91 Å². The summed E-state index contributed by atoms with van der Waals surface area (Å²) in [7, 11) is -0.681. The Labute approximate surface area is 128 Å². The molecule has 0 spiro atoms. The van der Waals surface area contributed by atoms with Crippen LogP contribution in [-0.4, -0.2) is 33.7 Å². The highest BCUT2D eigenvalue weighted by Crippen LogP contribution is 2.28. The fourth-order valence-electron chi connectivity index (χ4n) is 3.16. The van der Waals surface area contributed by atoms with Gasteiger partial charge in [-0.05, 0) is 37.8 Å². The first-order valence-corrected chi connectivity index (χ1v) is 9.12. The monoisotopic (exact) mass is 306 g/mol. The average Bonchev–Trinajstić information content (AvgIpc) is 2.49. The van der Waals surface area contributed by atoms with E-state index in [0.717, 1.165) is 24.9 Å². The molecule has 1 saturated heterocycles. The molecule has 2 aliphatic rings. The maximum atomic E-state index is 12.5. The van der Waals surface area contributed by atoms with Crippen LogP contribution in [0.25, 0.3) is 0 Å². The Morgan fingerprint density at radius 3 is 2.76 bits per heavy atom. The average molecular weight is 306 g/mol. The van der Waals surface area contributed by atoms with Gasteiger partial charge in [-0.3, -0.25) is 9.00 Å². The van der Waals surface area contributed by atoms with Gasteiger partial charge in [0.05, 0.1) is 5.92 Å². The normalized spacial score (nSPS) is 31.9. The SMILES string of the molecule is CC1Nc2ccccc2CC1C(=O)NC1CCS(=O)CC1. The predicted molar refractivity (Wildman–Crippen MR) is 85.8 cm³/mol. The summed E-state index contributed by atoms with van der Waals surface area (Å²) in [5.41, 5.74) is 2.35. The lowest BCUT2D eigenvalue weighted by atomic mass is 9.87. The molecular formula is C16H22N2O2S. The van der Waals surface area contributed by atoms with Crippen LogP contribution in [0.5, 0.6) is 0 Å². The molecule has 1 aromatic rings. The summed E-state index contributed by atoms with van der Waals surface area (Å²) >= 11 is 0. The molecule has 21 heavy (non-hydrogen) atoms. The molecule has 0 aromatic heterocycles. The molecule has 2 atom stereocenters. The van der Waals surface area contributed by atoms with Gasteiger partial charge in [-0.1, -0.05) is 18.2 Å². The van der Waals surface area contributed by atoms with Crippen molar-refractivity contribution in [1.82, 2.24) is 5.32 Å². The van der Waals surface area contributed by atoms with E-state index >= 15 is 0 Å². The summed E-state index contributed by atoms with van der Waals surface area (Å²) in [5.74, 6) is 1.52. The van der Waals surface area contributed by atoms with E-state index in [4.69, 9.17) is 0 Å². The van der Waals surface area contributed by atoms with Crippen molar-refractivity contribution in [3.8, 4) is 0 Å². The zero-order chi connectivity index (χ0) is 14.8. The predicted octanol–water partition coefficient (Wildman–Crippen LogP) is 1.69. The van der Waals surface area contributed by atoms with Gasteiger partial charge in [0.15, 0.2) is 0 Å². The lowest BCUT2D eigenvalue weighted by Crippen LogP contribution is -2.48. The number of benzene rings is 1. The van der Waals surface area contributed by atoms with Crippen LogP contribution in [0.3, 0.4) is 0 Å². The summed E-state index contributed by atoms with van der Waals surface area (Å²) in [6, 6.07) is 8.51. The number of rotatable bonds is 2. The van der Waals surface area contributed by atoms with Gasteiger partial charge < -0.3 is 10.6 Å². The second kappa shape index (κ2) is 6.18. The van der Waals surface area contributed by atoms with Gasteiger partial charge >= 0.3 is 0 Å². The zero-order valence-electron chi connectivity index (χ0n) is 12.3. The van der Waals surface area contributed by atoms with Crippen LogP contribution in [0, 0.1) is 5.92 Å². The van der Waals surface area contributed by atoms with Crippen LogP contribution in [0.1, 0.15) is 25.3 Å². The van der Waals surface area contributed by atoms with Crippen molar-refractivity contribution >= 4 is 22.4 Å². The maximum Gasteiger partial charge on any atom is 0.225 e. The molecule has 1 amide bonds. The molecule has 0 saturated carbocycles. The highest BCUT2D eigenvalue weighted by Gasteiger charge is 2.32. The highest BCUT2D eigenvalue weighted by molar-refractivity contribution is 7.85. The van der Waals surface area contributed by atoms with Crippen molar-refractivity contribution < 1.29 is 9.00 Å². The van der Waals surface area contributed by atoms with Crippen molar-refractivity contribution in [2.75, 3.05) is 16.8 Å². The molecule has 2 unspecified atom stereocenters. The van der Waals surface area contributed by atoms with Gasteiger partial charge in [0.25, 0.3) is 0 Å². The summed E-state index contributed by atoms with van der Waals surface area (Å²) in [5, 5.41) is 6.58. The molecule has 2 aliphatic heterocycles. The van der Waals surface area contributed by atoms with Crippen LogP contribution in [0.15, 0.2) is 24.3 Å².